The summed E-state index contributed by atoms with van der Waals surface area (Å²) in [6.45, 7) is 4.03. The molecule has 0 unspecified atom stereocenters. The highest BCUT2D eigenvalue weighted by molar-refractivity contribution is 7.50. The van der Waals surface area contributed by atoms with Crippen molar-refractivity contribution >= 4 is 7.60 Å². The standard InChI is InChI=1S/C8H17O5P/c1-3-8(4-2,14(9,10)11)7-12-5-6-13-7/h7H,3-6H2,1-2H3,(H2,9,10,11)/p-2. The highest BCUT2D eigenvalue weighted by Crippen LogP contribution is 2.51. The lowest BCUT2D eigenvalue weighted by molar-refractivity contribution is -0.327. The smallest absolute Gasteiger partial charge is 0.167 e. The molecule has 0 atom stereocenters. The highest BCUT2D eigenvalue weighted by Gasteiger charge is 2.42. The molecule has 5 nitrogen and oxygen atoms in total. The van der Waals surface area contributed by atoms with Crippen LogP contribution < -0.4 is 9.79 Å². The summed E-state index contributed by atoms with van der Waals surface area (Å²) in [5, 5.41) is -1.40. The summed E-state index contributed by atoms with van der Waals surface area (Å²) >= 11 is 0. The van der Waals surface area contributed by atoms with Crippen LogP contribution in [0.25, 0.3) is 0 Å². The summed E-state index contributed by atoms with van der Waals surface area (Å²) in [5.41, 5.74) is 0. The fraction of sp³-hybridized carbons (Fsp3) is 1.00. The largest absolute Gasteiger partial charge is 0.810 e. The van der Waals surface area contributed by atoms with Gasteiger partial charge in [0.2, 0.25) is 0 Å². The van der Waals surface area contributed by atoms with Crippen LogP contribution in [0.4, 0.5) is 0 Å². The van der Waals surface area contributed by atoms with Crippen LogP contribution in [0.1, 0.15) is 26.7 Å². The molecule has 0 aromatic carbocycles. The van der Waals surface area contributed by atoms with Crippen LogP contribution >= 0.6 is 7.60 Å². The van der Waals surface area contributed by atoms with Crippen LogP contribution in [0.2, 0.25) is 0 Å². The lowest BCUT2D eigenvalue weighted by Crippen LogP contribution is -2.48. The molecule has 1 rings (SSSR count). The molecule has 1 aliphatic heterocycles. The molecule has 0 bridgehead atoms. The summed E-state index contributed by atoms with van der Waals surface area (Å²) in [4.78, 5) is 22.4. The van der Waals surface area contributed by atoms with Crippen molar-refractivity contribution in [3.05, 3.63) is 0 Å². The third-order valence-corrected chi connectivity index (χ3v) is 4.76. The number of ether oxygens (including phenoxy) is 2. The minimum absolute atomic E-state index is 0.221. The second-order valence-electron chi connectivity index (χ2n) is 3.38. The Hall–Kier alpha value is 0.0700. The summed E-state index contributed by atoms with van der Waals surface area (Å²) in [6.07, 6.45) is -0.449. The molecule has 1 aliphatic rings. The van der Waals surface area contributed by atoms with E-state index >= 15 is 0 Å². The molecule has 0 aliphatic carbocycles. The zero-order valence-electron chi connectivity index (χ0n) is 8.39. The van der Waals surface area contributed by atoms with E-state index in [-0.39, 0.29) is 12.8 Å². The van der Waals surface area contributed by atoms with Gasteiger partial charge in [0.15, 0.2) is 6.29 Å². The highest BCUT2D eigenvalue weighted by atomic mass is 31.2. The van der Waals surface area contributed by atoms with E-state index in [2.05, 4.69) is 0 Å². The summed E-state index contributed by atoms with van der Waals surface area (Å²) in [5.74, 6) is 0. The van der Waals surface area contributed by atoms with Gasteiger partial charge in [0.25, 0.3) is 0 Å². The number of rotatable bonds is 4. The molecule has 1 fully saturated rings. The Morgan fingerprint density at radius 3 is 2.00 bits per heavy atom. The zero-order valence-corrected chi connectivity index (χ0v) is 9.29. The summed E-state index contributed by atoms with van der Waals surface area (Å²) in [7, 11) is -4.71. The quantitative estimate of drug-likeness (QED) is 0.617. The molecule has 84 valence electrons. The average Bonchev–Trinajstić information content (AvgIpc) is 2.58. The Kier molecular flexibility index (Phi) is 3.72. The lowest BCUT2D eigenvalue weighted by Gasteiger charge is -2.51. The Bertz CT molecular complexity index is 226. The third-order valence-electron chi connectivity index (χ3n) is 2.83. The minimum atomic E-state index is -4.71. The third kappa shape index (κ3) is 1.88. The van der Waals surface area contributed by atoms with Gasteiger partial charge in [0, 0.05) is 5.16 Å². The van der Waals surface area contributed by atoms with Crippen LogP contribution in [0, 0.1) is 0 Å². The first-order chi connectivity index (χ1) is 6.48. The Labute approximate surface area is 83.6 Å². The van der Waals surface area contributed by atoms with Crippen molar-refractivity contribution in [1.82, 2.24) is 0 Å². The van der Waals surface area contributed by atoms with Gasteiger partial charge in [0.05, 0.1) is 13.2 Å². The van der Waals surface area contributed by atoms with Crippen LogP contribution in [0.15, 0.2) is 0 Å². The van der Waals surface area contributed by atoms with E-state index in [0.717, 1.165) is 0 Å². The van der Waals surface area contributed by atoms with Crippen molar-refractivity contribution < 1.29 is 23.8 Å². The Morgan fingerprint density at radius 1 is 1.29 bits per heavy atom. The van der Waals surface area contributed by atoms with E-state index < -0.39 is 19.0 Å². The molecule has 0 radical (unpaired) electrons. The molecule has 0 saturated carbocycles. The van der Waals surface area contributed by atoms with E-state index in [9.17, 15) is 14.4 Å². The summed E-state index contributed by atoms with van der Waals surface area (Å²) < 4.78 is 21.5. The van der Waals surface area contributed by atoms with Gasteiger partial charge in [-0.3, -0.25) is 0 Å². The van der Waals surface area contributed by atoms with Gasteiger partial charge >= 0.3 is 0 Å². The molecule has 14 heavy (non-hydrogen) atoms. The molecule has 1 heterocycles. The number of hydrogen-bond acceptors (Lipinski definition) is 5. The average molecular weight is 222 g/mol. The molecular formula is C8H15O5P-2. The molecule has 0 aromatic rings. The van der Waals surface area contributed by atoms with E-state index in [0.29, 0.717) is 13.2 Å². The second kappa shape index (κ2) is 4.29. The molecule has 6 heteroatoms. The Morgan fingerprint density at radius 2 is 1.71 bits per heavy atom. The predicted octanol–water partition coefficient (Wildman–Crippen LogP) is -0.168. The van der Waals surface area contributed by atoms with E-state index in [1.807, 2.05) is 0 Å². The van der Waals surface area contributed by atoms with Crippen molar-refractivity contribution in [2.75, 3.05) is 13.2 Å². The second-order valence-corrected chi connectivity index (χ2v) is 5.27. The first-order valence-corrected chi connectivity index (χ1v) is 6.27. The summed E-state index contributed by atoms with van der Waals surface area (Å²) in [6, 6.07) is 0. The van der Waals surface area contributed by atoms with E-state index in [4.69, 9.17) is 9.47 Å². The van der Waals surface area contributed by atoms with Crippen LogP contribution in [-0.4, -0.2) is 24.7 Å². The van der Waals surface area contributed by atoms with Gasteiger partial charge < -0.3 is 23.8 Å². The first kappa shape index (κ1) is 12.1. The van der Waals surface area contributed by atoms with Crippen molar-refractivity contribution in [2.24, 2.45) is 0 Å². The van der Waals surface area contributed by atoms with Crippen LogP contribution in [0.5, 0.6) is 0 Å². The zero-order chi connectivity index (χ0) is 10.8. The monoisotopic (exact) mass is 222 g/mol. The van der Waals surface area contributed by atoms with Crippen molar-refractivity contribution in [3.63, 3.8) is 0 Å². The first-order valence-electron chi connectivity index (χ1n) is 4.73. The molecule has 0 N–H and O–H groups in total. The van der Waals surface area contributed by atoms with Crippen LogP contribution in [-0.2, 0) is 14.0 Å². The maximum Gasteiger partial charge on any atom is 0.167 e. The minimum Gasteiger partial charge on any atom is -0.810 e. The molecule has 0 amide bonds. The fourth-order valence-corrected chi connectivity index (χ4v) is 2.95. The van der Waals surface area contributed by atoms with Gasteiger partial charge in [-0.1, -0.05) is 21.4 Å². The Balaban J connectivity index is 2.95. The van der Waals surface area contributed by atoms with Crippen LogP contribution in [0.3, 0.4) is 0 Å². The van der Waals surface area contributed by atoms with Crippen molar-refractivity contribution in [3.8, 4) is 0 Å². The van der Waals surface area contributed by atoms with Gasteiger partial charge in [-0.05, 0) is 12.8 Å². The van der Waals surface area contributed by atoms with Gasteiger partial charge in [-0.15, -0.1) is 0 Å². The van der Waals surface area contributed by atoms with E-state index in [1.165, 1.54) is 0 Å². The molecular weight excluding hydrogens is 207 g/mol. The van der Waals surface area contributed by atoms with Crippen molar-refractivity contribution in [2.45, 2.75) is 38.1 Å². The SMILES string of the molecule is CCC(CC)(C1OCCO1)P(=O)([O-])[O-]. The van der Waals surface area contributed by atoms with Crippen molar-refractivity contribution in [1.29, 1.82) is 0 Å². The molecule has 0 spiro atoms. The van der Waals surface area contributed by atoms with Gasteiger partial charge in [-0.2, -0.15) is 0 Å². The maximum absolute atomic E-state index is 11.2. The molecule has 1 saturated heterocycles. The normalized spacial score (nSPS) is 20.3. The lowest BCUT2D eigenvalue weighted by atomic mass is 10.0. The van der Waals surface area contributed by atoms with E-state index in [1.54, 1.807) is 13.8 Å². The maximum atomic E-state index is 11.2. The topological polar surface area (TPSA) is 81.7 Å². The predicted molar refractivity (Wildman–Crippen MR) is 46.6 cm³/mol. The number of hydrogen-bond donors (Lipinski definition) is 0. The van der Waals surface area contributed by atoms with Gasteiger partial charge in [-0.25, -0.2) is 0 Å². The molecule has 0 aromatic heterocycles. The van der Waals surface area contributed by atoms with Gasteiger partial charge in [0.1, 0.15) is 0 Å². The fourth-order valence-electron chi connectivity index (χ4n) is 1.77.